The molecule has 0 spiro atoms. The van der Waals surface area contributed by atoms with Crippen LogP contribution in [0.3, 0.4) is 0 Å². The third kappa shape index (κ3) is 8.86. The molecule has 2 rings (SSSR count). The lowest BCUT2D eigenvalue weighted by Gasteiger charge is -2.22. The molecule has 1 atom stereocenters. The molecule has 11 heteroatoms. The van der Waals surface area contributed by atoms with Crippen LogP contribution in [0.15, 0.2) is 30.6 Å². The maximum Gasteiger partial charge on any atom is 0.408 e. The predicted molar refractivity (Wildman–Crippen MR) is 124 cm³/mol. The minimum absolute atomic E-state index is 0.182. The van der Waals surface area contributed by atoms with Gasteiger partial charge in [-0.25, -0.2) is 19.6 Å². The Bertz CT molecular complexity index is 1010. The Labute approximate surface area is 201 Å². The molecule has 0 unspecified atom stereocenters. The van der Waals surface area contributed by atoms with Crippen LogP contribution in [0.25, 0.3) is 11.3 Å². The number of aliphatic carboxylic acids is 1. The first kappa shape index (κ1) is 26.3. The molecule has 1 aromatic carbocycles. The Hall–Kier alpha value is -2.91. The summed E-state index contributed by atoms with van der Waals surface area (Å²) in [6, 6.07) is 5.50. The first-order valence-electron chi connectivity index (χ1n) is 10.2. The second-order valence-corrected chi connectivity index (χ2v) is 9.02. The number of carbonyl (C=O) groups excluding carboxylic acids is 2. The van der Waals surface area contributed by atoms with Crippen molar-refractivity contribution in [2.24, 2.45) is 0 Å². The van der Waals surface area contributed by atoms with Gasteiger partial charge >= 0.3 is 12.1 Å². The largest absolute Gasteiger partial charge is 0.480 e. The summed E-state index contributed by atoms with van der Waals surface area (Å²) in [5.74, 6) is -1.54. The second kappa shape index (κ2) is 11.8. The van der Waals surface area contributed by atoms with Crippen molar-refractivity contribution < 1.29 is 24.2 Å². The zero-order chi connectivity index (χ0) is 24.6. The van der Waals surface area contributed by atoms with E-state index in [-0.39, 0.29) is 18.0 Å². The molecule has 0 aliphatic rings. The van der Waals surface area contributed by atoms with Crippen molar-refractivity contribution >= 4 is 41.2 Å². The number of carbonyl (C=O) groups is 3. The zero-order valence-corrected chi connectivity index (χ0v) is 20.0. The number of halogens is 2. The Morgan fingerprint density at radius 3 is 2.45 bits per heavy atom. The summed E-state index contributed by atoms with van der Waals surface area (Å²) in [5, 5.41) is 15.2. The number of rotatable bonds is 9. The number of benzene rings is 1. The van der Waals surface area contributed by atoms with Crippen LogP contribution in [-0.4, -0.2) is 51.2 Å². The molecule has 3 N–H and O–H groups in total. The van der Waals surface area contributed by atoms with Crippen molar-refractivity contribution in [3.8, 4) is 11.3 Å². The van der Waals surface area contributed by atoms with Gasteiger partial charge in [-0.3, -0.25) is 4.79 Å². The lowest BCUT2D eigenvalue weighted by atomic mass is 10.1. The van der Waals surface area contributed by atoms with Gasteiger partial charge in [-0.15, -0.1) is 0 Å². The molecule has 2 amide bonds. The van der Waals surface area contributed by atoms with Gasteiger partial charge < -0.3 is 20.5 Å². The van der Waals surface area contributed by atoms with Crippen LogP contribution < -0.4 is 10.6 Å². The first-order chi connectivity index (χ1) is 15.5. The van der Waals surface area contributed by atoms with Crippen molar-refractivity contribution in [1.29, 1.82) is 0 Å². The van der Waals surface area contributed by atoms with Crippen molar-refractivity contribution in [2.45, 2.75) is 51.7 Å². The highest BCUT2D eigenvalue weighted by atomic mass is 35.5. The summed E-state index contributed by atoms with van der Waals surface area (Å²) in [7, 11) is 0. The van der Waals surface area contributed by atoms with E-state index >= 15 is 0 Å². The first-order valence-corrected chi connectivity index (χ1v) is 11.0. The Kier molecular flexibility index (Phi) is 9.43. The molecule has 0 aliphatic carbocycles. The molecule has 33 heavy (non-hydrogen) atoms. The van der Waals surface area contributed by atoms with E-state index in [1.165, 1.54) is 6.33 Å². The van der Waals surface area contributed by atoms with Crippen LogP contribution in [-0.2, 0) is 9.53 Å². The molecule has 0 fully saturated rings. The molecule has 0 saturated heterocycles. The van der Waals surface area contributed by atoms with Crippen LogP contribution in [0.5, 0.6) is 0 Å². The molecule has 0 bridgehead atoms. The average Bonchev–Trinajstić information content (AvgIpc) is 2.73. The summed E-state index contributed by atoms with van der Waals surface area (Å²) in [6.45, 7) is 5.38. The standard InChI is InChI=1S/C22H26Cl2N4O5/c1-22(2,3)33-21(32)28-16(20(30)31)6-4-5-9-25-19(29)18-11-17(26-12-27-18)13-7-8-14(23)15(24)10-13/h7-8,10-12,16H,4-6,9H2,1-3H3,(H,25,29)(H,28,32)(H,30,31)/t16-/m0/s1. The number of hydrogen-bond acceptors (Lipinski definition) is 6. The summed E-state index contributed by atoms with van der Waals surface area (Å²) in [6.07, 6.45) is 1.66. The van der Waals surface area contributed by atoms with E-state index in [9.17, 15) is 19.5 Å². The van der Waals surface area contributed by atoms with E-state index in [0.717, 1.165) is 0 Å². The van der Waals surface area contributed by atoms with Gasteiger partial charge in [-0.1, -0.05) is 29.3 Å². The van der Waals surface area contributed by atoms with Crippen LogP contribution >= 0.6 is 23.2 Å². The maximum atomic E-state index is 12.4. The highest BCUT2D eigenvalue weighted by Crippen LogP contribution is 2.27. The fourth-order valence-corrected chi connectivity index (χ4v) is 3.07. The van der Waals surface area contributed by atoms with Gasteiger partial charge in [0.15, 0.2) is 0 Å². The van der Waals surface area contributed by atoms with Crippen molar-refractivity contribution in [2.75, 3.05) is 6.54 Å². The molecule has 1 heterocycles. The molecule has 0 aliphatic heterocycles. The Morgan fingerprint density at radius 1 is 1.09 bits per heavy atom. The summed E-state index contributed by atoms with van der Waals surface area (Å²) < 4.78 is 5.08. The normalized spacial score (nSPS) is 12.0. The molecular weight excluding hydrogens is 471 g/mol. The van der Waals surface area contributed by atoms with E-state index in [0.29, 0.717) is 40.7 Å². The Morgan fingerprint density at radius 2 is 1.82 bits per heavy atom. The summed E-state index contributed by atoms with van der Waals surface area (Å²) in [5.41, 5.74) is 0.670. The number of alkyl carbamates (subject to hydrolysis) is 1. The molecule has 178 valence electrons. The molecule has 1 aromatic heterocycles. The highest BCUT2D eigenvalue weighted by Gasteiger charge is 2.23. The predicted octanol–water partition coefficient (Wildman–Crippen LogP) is 4.33. The van der Waals surface area contributed by atoms with Crippen LogP contribution in [0.2, 0.25) is 10.0 Å². The smallest absolute Gasteiger partial charge is 0.408 e. The second-order valence-electron chi connectivity index (χ2n) is 8.21. The molecule has 0 radical (unpaired) electrons. The molecule has 2 aromatic rings. The van der Waals surface area contributed by atoms with Crippen LogP contribution in [0.1, 0.15) is 50.5 Å². The zero-order valence-electron chi connectivity index (χ0n) is 18.5. The minimum atomic E-state index is -1.15. The topological polar surface area (TPSA) is 131 Å². The van der Waals surface area contributed by atoms with Gasteiger partial charge in [0.2, 0.25) is 0 Å². The van der Waals surface area contributed by atoms with Crippen LogP contribution in [0, 0.1) is 0 Å². The van der Waals surface area contributed by atoms with Gasteiger partial charge in [-0.2, -0.15) is 0 Å². The number of carboxylic acid groups (broad SMARTS) is 1. The van der Waals surface area contributed by atoms with Gasteiger partial charge in [-0.05, 0) is 58.2 Å². The number of aromatic nitrogens is 2. The van der Waals surface area contributed by atoms with E-state index in [4.69, 9.17) is 27.9 Å². The molecule has 9 nitrogen and oxygen atoms in total. The fourth-order valence-electron chi connectivity index (χ4n) is 2.77. The quantitative estimate of drug-likeness (QED) is 0.440. The lowest BCUT2D eigenvalue weighted by molar-refractivity contribution is -0.139. The third-order valence-electron chi connectivity index (χ3n) is 4.31. The number of nitrogens with zero attached hydrogens (tertiary/aromatic N) is 2. The average molecular weight is 497 g/mol. The molecule has 0 saturated carbocycles. The van der Waals surface area contributed by atoms with Gasteiger partial charge in [0.25, 0.3) is 5.91 Å². The number of nitrogens with one attached hydrogen (secondary N) is 2. The number of amides is 2. The minimum Gasteiger partial charge on any atom is -0.480 e. The third-order valence-corrected chi connectivity index (χ3v) is 5.05. The number of ether oxygens (including phenoxy) is 1. The maximum absolute atomic E-state index is 12.4. The van der Waals surface area contributed by atoms with Crippen molar-refractivity contribution in [3.63, 3.8) is 0 Å². The fraction of sp³-hybridized carbons (Fsp3) is 0.409. The summed E-state index contributed by atoms with van der Waals surface area (Å²) in [4.78, 5) is 43.7. The monoisotopic (exact) mass is 496 g/mol. The Balaban J connectivity index is 1.83. The van der Waals surface area contributed by atoms with Crippen LogP contribution in [0.4, 0.5) is 4.79 Å². The SMILES string of the molecule is CC(C)(C)OC(=O)N[C@@H](CCCCNC(=O)c1cc(-c2ccc(Cl)c(Cl)c2)ncn1)C(=O)O. The van der Waals surface area contributed by atoms with E-state index in [1.54, 1.807) is 45.0 Å². The molecular formula is C22H26Cl2N4O5. The van der Waals surface area contributed by atoms with E-state index < -0.39 is 23.7 Å². The van der Waals surface area contributed by atoms with Crippen molar-refractivity contribution in [3.05, 3.63) is 46.3 Å². The summed E-state index contributed by atoms with van der Waals surface area (Å²) >= 11 is 12.0. The lowest BCUT2D eigenvalue weighted by Crippen LogP contribution is -2.43. The van der Waals surface area contributed by atoms with Gasteiger partial charge in [0, 0.05) is 12.1 Å². The number of carboxylic acids is 1. The number of hydrogen-bond donors (Lipinski definition) is 3. The van der Waals surface area contributed by atoms with Crippen molar-refractivity contribution in [1.82, 2.24) is 20.6 Å². The highest BCUT2D eigenvalue weighted by molar-refractivity contribution is 6.42. The van der Waals surface area contributed by atoms with Gasteiger partial charge in [0.05, 0.1) is 15.7 Å². The number of unbranched alkanes of at least 4 members (excludes halogenated alkanes) is 1. The van der Waals surface area contributed by atoms with E-state index in [2.05, 4.69) is 20.6 Å². The van der Waals surface area contributed by atoms with Gasteiger partial charge in [0.1, 0.15) is 23.7 Å². The van der Waals surface area contributed by atoms with E-state index in [1.807, 2.05) is 0 Å².